The highest BCUT2D eigenvalue weighted by molar-refractivity contribution is 6.04. The zero-order valence-electron chi connectivity index (χ0n) is 12.1. The highest BCUT2D eigenvalue weighted by Crippen LogP contribution is 2.31. The summed E-state index contributed by atoms with van der Waals surface area (Å²) in [5.41, 5.74) is 0.217. The number of aromatic nitrogens is 1. The van der Waals surface area contributed by atoms with Crippen molar-refractivity contribution in [3.63, 3.8) is 0 Å². The fourth-order valence-corrected chi connectivity index (χ4v) is 3.03. The standard InChI is InChI=1S/C17H19NO3/c1-11-6-2-5-9-15(11)21-16-13-8-4-3-7-12(13)14(10-18-16)17(19)20/h3-4,7-8,10-11,15H,2,5-6,9H2,1H3,(H,19,20). The van der Waals surface area contributed by atoms with E-state index in [0.717, 1.165) is 11.8 Å². The van der Waals surface area contributed by atoms with Gasteiger partial charge in [-0.25, -0.2) is 9.78 Å². The number of pyridine rings is 1. The second kappa shape index (κ2) is 5.72. The van der Waals surface area contributed by atoms with Crippen LogP contribution in [0.2, 0.25) is 0 Å². The smallest absolute Gasteiger partial charge is 0.337 e. The minimum absolute atomic E-state index is 0.172. The minimum atomic E-state index is -0.962. The summed E-state index contributed by atoms with van der Waals surface area (Å²) in [7, 11) is 0. The Bertz CT molecular complexity index is 668. The second-order valence-corrected chi connectivity index (χ2v) is 5.75. The summed E-state index contributed by atoms with van der Waals surface area (Å²) in [4.78, 5) is 15.5. The van der Waals surface area contributed by atoms with Crippen LogP contribution in [0.1, 0.15) is 43.0 Å². The summed E-state index contributed by atoms with van der Waals surface area (Å²) >= 11 is 0. The van der Waals surface area contributed by atoms with Crippen LogP contribution in [0.3, 0.4) is 0 Å². The van der Waals surface area contributed by atoms with Crippen molar-refractivity contribution in [1.29, 1.82) is 0 Å². The lowest BCUT2D eigenvalue weighted by Crippen LogP contribution is -2.28. The van der Waals surface area contributed by atoms with Crippen LogP contribution in [0.4, 0.5) is 0 Å². The Morgan fingerprint density at radius 2 is 1.95 bits per heavy atom. The van der Waals surface area contributed by atoms with E-state index < -0.39 is 5.97 Å². The van der Waals surface area contributed by atoms with Gasteiger partial charge in [0.25, 0.3) is 0 Å². The molecule has 4 heteroatoms. The maximum Gasteiger partial charge on any atom is 0.337 e. The number of nitrogens with zero attached hydrogens (tertiary/aromatic N) is 1. The molecular weight excluding hydrogens is 266 g/mol. The van der Waals surface area contributed by atoms with Crippen molar-refractivity contribution in [3.8, 4) is 5.88 Å². The molecule has 2 unspecified atom stereocenters. The summed E-state index contributed by atoms with van der Waals surface area (Å²) in [6.07, 6.45) is 6.22. The van der Waals surface area contributed by atoms with Gasteiger partial charge in [-0.15, -0.1) is 0 Å². The lowest BCUT2D eigenvalue weighted by molar-refractivity contribution is 0.0698. The van der Waals surface area contributed by atoms with Crippen molar-refractivity contribution in [3.05, 3.63) is 36.0 Å². The number of benzene rings is 1. The first-order valence-electron chi connectivity index (χ1n) is 7.44. The number of fused-ring (bicyclic) bond motifs is 1. The largest absolute Gasteiger partial charge is 0.478 e. The number of rotatable bonds is 3. The van der Waals surface area contributed by atoms with Crippen LogP contribution in [-0.2, 0) is 0 Å². The van der Waals surface area contributed by atoms with Crippen LogP contribution in [0.15, 0.2) is 30.5 Å². The molecule has 1 heterocycles. The quantitative estimate of drug-likeness (QED) is 0.929. The van der Waals surface area contributed by atoms with Gasteiger partial charge in [-0.05, 0) is 31.2 Å². The van der Waals surface area contributed by atoms with E-state index in [-0.39, 0.29) is 11.7 Å². The van der Waals surface area contributed by atoms with Crippen LogP contribution in [0, 0.1) is 5.92 Å². The predicted molar refractivity (Wildman–Crippen MR) is 80.8 cm³/mol. The number of carboxylic acids is 1. The van der Waals surface area contributed by atoms with Crippen LogP contribution in [-0.4, -0.2) is 22.2 Å². The molecule has 0 spiro atoms. The number of hydrogen-bond donors (Lipinski definition) is 1. The SMILES string of the molecule is CC1CCCCC1Oc1ncc(C(=O)O)c2ccccc12. The van der Waals surface area contributed by atoms with E-state index in [0.29, 0.717) is 17.2 Å². The number of hydrogen-bond acceptors (Lipinski definition) is 3. The fourth-order valence-electron chi connectivity index (χ4n) is 3.03. The third-order valence-corrected chi connectivity index (χ3v) is 4.28. The summed E-state index contributed by atoms with van der Waals surface area (Å²) in [6.45, 7) is 2.21. The third kappa shape index (κ3) is 2.71. The predicted octanol–water partition coefficient (Wildman–Crippen LogP) is 3.89. The molecule has 1 aromatic heterocycles. The van der Waals surface area contributed by atoms with Crippen LogP contribution in [0.5, 0.6) is 5.88 Å². The molecule has 1 aliphatic carbocycles. The molecule has 1 N–H and O–H groups in total. The Kier molecular flexibility index (Phi) is 3.78. The van der Waals surface area contributed by atoms with Crippen molar-refractivity contribution in [2.75, 3.05) is 0 Å². The highest BCUT2D eigenvalue weighted by Gasteiger charge is 2.24. The number of aromatic carboxylic acids is 1. The molecule has 2 atom stereocenters. The van der Waals surface area contributed by atoms with Gasteiger partial charge in [-0.2, -0.15) is 0 Å². The van der Waals surface area contributed by atoms with Gasteiger partial charge in [-0.1, -0.05) is 31.5 Å². The molecule has 21 heavy (non-hydrogen) atoms. The monoisotopic (exact) mass is 285 g/mol. The van der Waals surface area contributed by atoms with Crippen molar-refractivity contribution in [1.82, 2.24) is 4.98 Å². The van der Waals surface area contributed by atoms with Gasteiger partial charge in [0.2, 0.25) is 5.88 Å². The average Bonchev–Trinajstić information content (AvgIpc) is 2.49. The Labute approximate surface area is 123 Å². The zero-order chi connectivity index (χ0) is 14.8. The maximum absolute atomic E-state index is 11.3. The normalized spacial score (nSPS) is 22.1. The Morgan fingerprint density at radius 3 is 2.67 bits per heavy atom. The molecule has 1 fully saturated rings. The summed E-state index contributed by atoms with van der Waals surface area (Å²) in [6, 6.07) is 7.39. The van der Waals surface area contributed by atoms with Crippen LogP contribution >= 0.6 is 0 Å². The van der Waals surface area contributed by atoms with Crippen molar-refractivity contribution in [2.24, 2.45) is 5.92 Å². The zero-order valence-corrected chi connectivity index (χ0v) is 12.1. The fraction of sp³-hybridized carbons (Fsp3) is 0.412. The van der Waals surface area contributed by atoms with Crippen LogP contribution < -0.4 is 4.74 Å². The molecular formula is C17H19NO3. The highest BCUT2D eigenvalue weighted by atomic mass is 16.5. The number of ether oxygens (including phenoxy) is 1. The summed E-state index contributed by atoms with van der Waals surface area (Å²) in [5.74, 6) is 0.101. The molecule has 1 aromatic carbocycles. The van der Waals surface area contributed by atoms with E-state index in [9.17, 15) is 9.90 Å². The Balaban J connectivity index is 1.99. The third-order valence-electron chi connectivity index (χ3n) is 4.28. The number of carboxylic acid groups (broad SMARTS) is 1. The summed E-state index contributed by atoms with van der Waals surface area (Å²) in [5, 5.41) is 10.7. The van der Waals surface area contributed by atoms with Gasteiger partial charge in [-0.3, -0.25) is 0 Å². The van der Waals surface area contributed by atoms with Crippen LogP contribution in [0.25, 0.3) is 10.8 Å². The average molecular weight is 285 g/mol. The molecule has 0 aliphatic heterocycles. The lowest BCUT2D eigenvalue weighted by atomic mass is 9.88. The van der Waals surface area contributed by atoms with E-state index in [1.807, 2.05) is 18.2 Å². The van der Waals surface area contributed by atoms with E-state index >= 15 is 0 Å². The van der Waals surface area contributed by atoms with Gasteiger partial charge < -0.3 is 9.84 Å². The van der Waals surface area contributed by atoms with Gasteiger partial charge in [0.15, 0.2) is 0 Å². The van der Waals surface area contributed by atoms with Crippen molar-refractivity contribution >= 4 is 16.7 Å². The topological polar surface area (TPSA) is 59.4 Å². The summed E-state index contributed by atoms with van der Waals surface area (Å²) < 4.78 is 6.11. The molecule has 1 saturated carbocycles. The van der Waals surface area contributed by atoms with Crippen molar-refractivity contribution < 1.29 is 14.6 Å². The van der Waals surface area contributed by atoms with E-state index in [4.69, 9.17) is 4.74 Å². The minimum Gasteiger partial charge on any atom is -0.478 e. The van der Waals surface area contributed by atoms with Gasteiger partial charge in [0, 0.05) is 17.0 Å². The Morgan fingerprint density at radius 1 is 1.24 bits per heavy atom. The van der Waals surface area contributed by atoms with Gasteiger partial charge in [0.1, 0.15) is 6.10 Å². The molecule has 110 valence electrons. The lowest BCUT2D eigenvalue weighted by Gasteiger charge is -2.29. The molecule has 1 aliphatic rings. The van der Waals surface area contributed by atoms with Gasteiger partial charge >= 0.3 is 5.97 Å². The van der Waals surface area contributed by atoms with E-state index in [1.54, 1.807) is 6.07 Å². The molecule has 0 bridgehead atoms. The molecule has 0 radical (unpaired) electrons. The molecule has 2 aromatic rings. The van der Waals surface area contributed by atoms with E-state index in [2.05, 4.69) is 11.9 Å². The Hall–Kier alpha value is -2.10. The van der Waals surface area contributed by atoms with E-state index in [1.165, 1.54) is 25.5 Å². The maximum atomic E-state index is 11.3. The molecule has 3 rings (SSSR count). The second-order valence-electron chi connectivity index (χ2n) is 5.75. The molecule has 0 saturated heterocycles. The number of carbonyl (C=O) groups is 1. The van der Waals surface area contributed by atoms with Gasteiger partial charge in [0.05, 0.1) is 5.56 Å². The molecule has 0 amide bonds. The first kappa shape index (κ1) is 13.9. The van der Waals surface area contributed by atoms with Crippen molar-refractivity contribution in [2.45, 2.75) is 38.7 Å². The first-order chi connectivity index (χ1) is 10.2. The molecule has 4 nitrogen and oxygen atoms in total. The first-order valence-corrected chi connectivity index (χ1v) is 7.44.